The lowest BCUT2D eigenvalue weighted by molar-refractivity contribution is -0.115. The SMILES string of the molecule is CCC(=O)Nc1ccc(-c2csc(-c3ccoc3)n2)cc1. The number of carbonyl (C=O) groups is 1. The lowest BCUT2D eigenvalue weighted by Gasteiger charge is -2.04. The third-order valence-corrected chi connectivity index (χ3v) is 3.95. The topological polar surface area (TPSA) is 55.1 Å². The van der Waals surface area contributed by atoms with Gasteiger partial charge in [0.05, 0.1) is 12.0 Å². The summed E-state index contributed by atoms with van der Waals surface area (Å²) in [5, 5.41) is 5.78. The zero-order valence-corrected chi connectivity index (χ0v) is 12.3. The largest absolute Gasteiger partial charge is 0.472 e. The highest BCUT2D eigenvalue weighted by Gasteiger charge is 2.08. The van der Waals surface area contributed by atoms with Crippen molar-refractivity contribution in [3.05, 3.63) is 48.2 Å². The van der Waals surface area contributed by atoms with E-state index in [0.717, 1.165) is 27.5 Å². The average Bonchev–Trinajstić information content (AvgIpc) is 3.19. The van der Waals surface area contributed by atoms with Gasteiger partial charge in [-0.1, -0.05) is 19.1 Å². The number of carbonyl (C=O) groups excluding carboxylic acids is 1. The van der Waals surface area contributed by atoms with Crippen LogP contribution in [0.15, 0.2) is 52.7 Å². The number of furan rings is 1. The number of hydrogen-bond donors (Lipinski definition) is 1. The number of nitrogens with one attached hydrogen (secondary N) is 1. The van der Waals surface area contributed by atoms with E-state index in [4.69, 9.17) is 4.42 Å². The van der Waals surface area contributed by atoms with Crippen molar-refractivity contribution >= 4 is 22.9 Å². The highest BCUT2D eigenvalue weighted by Crippen LogP contribution is 2.29. The smallest absolute Gasteiger partial charge is 0.224 e. The van der Waals surface area contributed by atoms with Crippen molar-refractivity contribution in [2.45, 2.75) is 13.3 Å². The maximum Gasteiger partial charge on any atom is 0.224 e. The zero-order chi connectivity index (χ0) is 14.7. The summed E-state index contributed by atoms with van der Waals surface area (Å²) in [7, 11) is 0. The first kappa shape index (κ1) is 13.6. The Labute approximate surface area is 126 Å². The third-order valence-electron chi connectivity index (χ3n) is 3.06. The molecule has 0 saturated carbocycles. The number of benzene rings is 1. The Kier molecular flexibility index (Phi) is 3.83. The number of rotatable bonds is 4. The predicted octanol–water partition coefficient (Wildman–Crippen LogP) is 4.42. The minimum Gasteiger partial charge on any atom is -0.472 e. The molecule has 0 radical (unpaired) electrons. The minimum absolute atomic E-state index is 0.0126. The molecule has 0 aliphatic heterocycles. The minimum atomic E-state index is 0.0126. The zero-order valence-electron chi connectivity index (χ0n) is 11.5. The van der Waals surface area contributed by atoms with E-state index in [2.05, 4.69) is 10.3 Å². The fraction of sp³-hybridized carbons (Fsp3) is 0.125. The Morgan fingerprint density at radius 1 is 1.24 bits per heavy atom. The summed E-state index contributed by atoms with van der Waals surface area (Å²) in [5.74, 6) is 0.0126. The average molecular weight is 298 g/mol. The third kappa shape index (κ3) is 3.03. The highest BCUT2D eigenvalue weighted by atomic mass is 32.1. The van der Waals surface area contributed by atoms with Gasteiger partial charge in [-0.3, -0.25) is 4.79 Å². The monoisotopic (exact) mass is 298 g/mol. The number of nitrogens with zero attached hydrogens (tertiary/aromatic N) is 1. The van der Waals surface area contributed by atoms with Crippen LogP contribution < -0.4 is 5.32 Å². The van der Waals surface area contributed by atoms with Crippen LogP contribution in [-0.4, -0.2) is 10.9 Å². The number of hydrogen-bond acceptors (Lipinski definition) is 4. The molecule has 0 unspecified atom stereocenters. The maximum atomic E-state index is 11.3. The number of amides is 1. The van der Waals surface area contributed by atoms with E-state index in [1.165, 1.54) is 0 Å². The molecule has 1 N–H and O–H groups in total. The first-order valence-corrected chi connectivity index (χ1v) is 7.52. The van der Waals surface area contributed by atoms with Crippen LogP contribution in [0.1, 0.15) is 13.3 Å². The van der Waals surface area contributed by atoms with Gasteiger partial charge in [0.15, 0.2) is 0 Å². The molecule has 0 bridgehead atoms. The standard InChI is InChI=1S/C16H14N2O2S/c1-2-15(19)17-13-5-3-11(4-6-13)14-10-21-16(18-14)12-7-8-20-9-12/h3-10H,2H2,1H3,(H,17,19). The van der Waals surface area contributed by atoms with Gasteiger partial charge in [0.2, 0.25) is 5.91 Å². The Balaban J connectivity index is 1.80. The van der Waals surface area contributed by atoms with Crippen molar-refractivity contribution in [3.63, 3.8) is 0 Å². The van der Waals surface area contributed by atoms with Gasteiger partial charge in [-0.05, 0) is 18.2 Å². The first-order valence-electron chi connectivity index (χ1n) is 6.64. The molecular formula is C16H14N2O2S. The fourth-order valence-corrected chi connectivity index (χ4v) is 2.71. The van der Waals surface area contributed by atoms with Crippen molar-refractivity contribution in [1.82, 2.24) is 4.98 Å². The van der Waals surface area contributed by atoms with Crippen molar-refractivity contribution in [1.29, 1.82) is 0 Å². The molecule has 0 atom stereocenters. The van der Waals surface area contributed by atoms with Crippen LogP contribution in [0.2, 0.25) is 0 Å². The molecule has 3 rings (SSSR count). The second-order valence-corrected chi connectivity index (χ2v) is 5.39. The Morgan fingerprint density at radius 2 is 2.05 bits per heavy atom. The summed E-state index contributed by atoms with van der Waals surface area (Å²) in [6.07, 6.45) is 3.80. The summed E-state index contributed by atoms with van der Waals surface area (Å²) in [4.78, 5) is 15.9. The van der Waals surface area contributed by atoms with E-state index in [0.29, 0.717) is 6.42 Å². The fourth-order valence-electron chi connectivity index (χ4n) is 1.90. The van der Waals surface area contributed by atoms with Crippen molar-refractivity contribution in [2.24, 2.45) is 0 Å². The Hall–Kier alpha value is -2.40. The van der Waals surface area contributed by atoms with Crippen LogP contribution in [0.5, 0.6) is 0 Å². The highest BCUT2D eigenvalue weighted by molar-refractivity contribution is 7.13. The van der Waals surface area contributed by atoms with Crippen LogP contribution in [-0.2, 0) is 4.79 Å². The molecule has 2 heterocycles. The van der Waals surface area contributed by atoms with Gasteiger partial charge in [-0.15, -0.1) is 11.3 Å². The van der Waals surface area contributed by atoms with Gasteiger partial charge >= 0.3 is 0 Å². The van der Waals surface area contributed by atoms with Gasteiger partial charge in [-0.2, -0.15) is 0 Å². The summed E-state index contributed by atoms with van der Waals surface area (Å²) < 4.78 is 5.07. The van der Waals surface area contributed by atoms with Gasteiger partial charge in [0, 0.05) is 28.6 Å². The predicted molar refractivity (Wildman–Crippen MR) is 84.2 cm³/mol. The van der Waals surface area contributed by atoms with Crippen molar-refractivity contribution < 1.29 is 9.21 Å². The van der Waals surface area contributed by atoms with E-state index in [-0.39, 0.29) is 5.91 Å². The summed E-state index contributed by atoms with van der Waals surface area (Å²) in [6, 6.07) is 9.59. The van der Waals surface area contributed by atoms with Crippen molar-refractivity contribution in [2.75, 3.05) is 5.32 Å². The Morgan fingerprint density at radius 3 is 2.71 bits per heavy atom. The van der Waals surface area contributed by atoms with Crippen molar-refractivity contribution in [3.8, 4) is 21.8 Å². The normalized spacial score (nSPS) is 10.5. The molecule has 0 fully saturated rings. The second-order valence-electron chi connectivity index (χ2n) is 4.53. The van der Waals surface area contributed by atoms with E-state index in [1.54, 1.807) is 23.9 Å². The van der Waals surface area contributed by atoms with Crippen LogP contribution in [0, 0.1) is 0 Å². The first-order chi connectivity index (χ1) is 10.3. The lowest BCUT2D eigenvalue weighted by atomic mass is 10.1. The maximum absolute atomic E-state index is 11.3. The van der Waals surface area contributed by atoms with E-state index in [1.807, 2.05) is 42.6 Å². The molecule has 4 nitrogen and oxygen atoms in total. The van der Waals surface area contributed by atoms with Gasteiger partial charge in [-0.25, -0.2) is 4.98 Å². The molecule has 1 aromatic carbocycles. The van der Waals surface area contributed by atoms with E-state index >= 15 is 0 Å². The van der Waals surface area contributed by atoms with Crippen LogP contribution >= 0.6 is 11.3 Å². The summed E-state index contributed by atoms with van der Waals surface area (Å²) in [6.45, 7) is 1.83. The van der Waals surface area contributed by atoms with Crippen LogP contribution in [0.25, 0.3) is 21.8 Å². The molecule has 106 valence electrons. The lowest BCUT2D eigenvalue weighted by Crippen LogP contribution is -2.08. The number of anilines is 1. The van der Waals surface area contributed by atoms with Gasteiger partial charge < -0.3 is 9.73 Å². The van der Waals surface area contributed by atoms with E-state index in [9.17, 15) is 4.79 Å². The van der Waals surface area contributed by atoms with Crippen LogP contribution in [0.4, 0.5) is 5.69 Å². The summed E-state index contributed by atoms with van der Waals surface area (Å²) in [5.41, 5.74) is 3.73. The van der Waals surface area contributed by atoms with Crippen LogP contribution in [0.3, 0.4) is 0 Å². The molecule has 0 aliphatic rings. The Bertz CT molecular complexity index is 730. The molecule has 1 amide bonds. The molecule has 0 aliphatic carbocycles. The molecule has 5 heteroatoms. The van der Waals surface area contributed by atoms with Gasteiger partial charge in [0.25, 0.3) is 0 Å². The van der Waals surface area contributed by atoms with Gasteiger partial charge in [0.1, 0.15) is 11.3 Å². The molecule has 3 aromatic rings. The molecule has 21 heavy (non-hydrogen) atoms. The number of thiazole rings is 1. The quantitative estimate of drug-likeness (QED) is 0.775. The van der Waals surface area contributed by atoms with E-state index < -0.39 is 0 Å². The molecule has 0 spiro atoms. The molecule has 2 aromatic heterocycles. The summed E-state index contributed by atoms with van der Waals surface area (Å²) >= 11 is 1.58. The molecule has 0 saturated heterocycles. The number of aromatic nitrogens is 1. The second kappa shape index (κ2) is 5.93. The molecular weight excluding hydrogens is 284 g/mol.